The molecule has 0 aliphatic heterocycles. The van der Waals surface area contributed by atoms with Crippen molar-refractivity contribution in [3.05, 3.63) is 68.2 Å². The second kappa shape index (κ2) is 4.61. The van der Waals surface area contributed by atoms with Gasteiger partial charge < -0.3 is 4.42 Å². The molecule has 0 amide bonds. The van der Waals surface area contributed by atoms with E-state index < -0.39 is 0 Å². The number of para-hydroxylation sites is 2. The Hall–Kier alpha value is -1.56. The molecule has 1 aromatic heterocycles. The average molecular weight is 351 g/mol. The van der Waals surface area contributed by atoms with Gasteiger partial charge in [-0.1, -0.05) is 24.3 Å². The zero-order valence-electron chi connectivity index (χ0n) is 9.47. The highest BCUT2D eigenvalue weighted by atomic mass is 127. The molecule has 0 unspecified atom stereocenters. The van der Waals surface area contributed by atoms with Crippen molar-refractivity contribution in [1.82, 2.24) is 4.57 Å². The first-order chi connectivity index (χ1) is 8.74. The molecule has 3 rings (SSSR count). The Labute approximate surface area is 117 Å². The molecule has 1 heterocycles. The van der Waals surface area contributed by atoms with E-state index in [0.29, 0.717) is 12.1 Å². The molecule has 0 atom stereocenters. The van der Waals surface area contributed by atoms with Gasteiger partial charge in [0.05, 0.1) is 12.1 Å². The fourth-order valence-electron chi connectivity index (χ4n) is 1.94. The van der Waals surface area contributed by atoms with Crippen LogP contribution in [0.15, 0.2) is 57.7 Å². The van der Waals surface area contributed by atoms with Gasteiger partial charge in [0.15, 0.2) is 5.58 Å². The molecule has 2 aromatic carbocycles. The second-order valence-corrected chi connectivity index (χ2v) is 5.29. The third kappa shape index (κ3) is 2.08. The number of rotatable bonds is 2. The van der Waals surface area contributed by atoms with Gasteiger partial charge in [0, 0.05) is 3.57 Å². The SMILES string of the molecule is O=c1oc2ccccc2n1Cc1ccc(I)cc1. The van der Waals surface area contributed by atoms with Crippen LogP contribution >= 0.6 is 22.6 Å². The molecule has 4 heteroatoms. The molecule has 0 N–H and O–H groups in total. The van der Waals surface area contributed by atoms with E-state index in [-0.39, 0.29) is 5.76 Å². The molecule has 90 valence electrons. The summed E-state index contributed by atoms with van der Waals surface area (Å²) >= 11 is 2.26. The van der Waals surface area contributed by atoms with Gasteiger partial charge in [0.25, 0.3) is 0 Å². The van der Waals surface area contributed by atoms with Crippen molar-refractivity contribution < 1.29 is 4.42 Å². The second-order valence-electron chi connectivity index (χ2n) is 4.05. The maximum atomic E-state index is 11.8. The molecule has 0 saturated carbocycles. The number of halogens is 1. The third-order valence-electron chi connectivity index (χ3n) is 2.83. The van der Waals surface area contributed by atoms with Crippen LogP contribution in [0.25, 0.3) is 11.1 Å². The molecule has 0 radical (unpaired) electrons. The highest BCUT2D eigenvalue weighted by Gasteiger charge is 2.08. The van der Waals surface area contributed by atoms with E-state index in [2.05, 4.69) is 22.6 Å². The first-order valence-corrected chi connectivity index (χ1v) is 6.65. The minimum absolute atomic E-state index is 0.310. The summed E-state index contributed by atoms with van der Waals surface area (Å²) in [7, 11) is 0. The van der Waals surface area contributed by atoms with Gasteiger partial charge in [0.1, 0.15) is 0 Å². The zero-order valence-corrected chi connectivity index (χ0v) is 11.6. The van der Waals surface area contributed by atoms with Gasteiger partial charge in [0.2, 0.25) is 0 Å². The number of aromatic nitrogens is 1. The van der Waals surface area contributed by atoms with Crippen LogP contribution in [0.4, 0.5) is 0 Å². The fourth-order valence-corrected chi connectivity index (χ4v) is 2.30. The van der Waals surface area contributed by atoms with Gasteiger partial charge in [-0.05, 0) is 52.4 Å². The number of benzene rings is 2. The van der Waals surface area contributed by atoms with E-state index in [1.54, 1.807) is 10.6 Å². The molecule has 3 aromatic rings. The van der Waals surface area contributed by atoms with Crippen molar-refractivity contribution in [2.24, 2.45) is 0 Å². The Bertz CT molecular complexity index is 740. The average Bonchev–Trinajstić information content (AvgIpc) is 2.69. The fraction of sp³-hybridized carbons (Fsp3) is 0.0714. The Balaban J connectivity index is 2.07. The van der Waals surface area contributed by atoms with Gasteiger partial charge in [-0.25, -0.2) is 4.79 Å². The Morgan fingerprint density at radius 3 is 2.56 bits per heavy atom. The zero-order chi connectivity index (χ0) is 12.5. The van der Waals surface area contributed by atoms with E-state index in [0.717, 1.165) is 11.1 Å². The summed E-state index contributed by atoms with van der Waals surface area (Å²) in [6.45, 7) is 0.534. The highest BCUT2D eigenvalue weighted by molar-refractivity contribution is 14.1. The van der Waals surface area contributed by atoms with Gasteiger partial charge >= 0.3 is 5.76 Å². The summed E-state index contributed by atoms with van der Waals surface area (Å²) in [4.78, 5) is 11.8. The summed E-state index contributed by atoms with van der Waals surface area (Å²) in [5.74, 6) is -0.310. The quantitative estimate of drug-likeness (QED) is 0.665. The van der Waals surface area contributed by atoms with Gasteiger partial charge in [-0.15, -0.1) is 0 Å². The Morgan fingerprint density at radius 2 is 1.78 bits per heavy atom. The number of hydrogen-bond acceptors (Lipinski definition) is 2. The summed E-state index contributed by atoms with van der Waals surface area (Å²) in [5, 5.41) is 0. The topological polar surface area (TPSA) is 35.1 Å². The summed E-state index contributed by atoms with van der Waals surface area (Å²) in [6, 6.07) is 15.6. The van der Waals surface area contributed by atoms with Crippen molar-refractivity contribution in [2.45, 2.75) is 6.54 Å². The lowest BCUT2D eigenvalue weighted by Crippen LogP contribution is -2.14. The lowest BCUT2D eigenvalue weighted by Gasteiger charge is -2.02. The molecule has 0 saturated heterocycles. The smallest absolute Gasteiger partial charge is 0.408 e. The summed E-state index contributed by atoms with van der Waals surface area (Å²) in [6.07, 6.45) is 0. The Morgan fingerprint density at radius 1 is 1.06 bits per heavy atom. The van der Waals surface area contributed by atoms with Crippen molar-refractivity contribution in [2.75, 3.05) is 0 Å². The lowest BCUT2D eigenvalue weighted by atomic mass is 10.2. The van der Waals surface area contributed by atoms with Crippen LogP contribution in [0, 0.1) is 3.57 Å². The monoisotopic (exact) mass is 351 g/mol. The van der Waals surface area contributed by atoms with Crippen molar-refractivity contribution >= 4 is 33.7 Å². The third-order valence-corrected chi connectivity index (χ3v) is 3.55. The van der Waals surface area contributed by atoms with E-state index in [4.69, 9.17) is 4.42 Å². The number of oxazole rings is 1. The van der Waals surface area contributed by atoms with Crippen LogP contribution in [0.2, 0.25) is 0 Å². The number of fused-ring (bicyclic) bond motifs is 1. The summed E-state index contributed by atoms with van der Waals surface area (Å²) in [5.41, 5.74) is 2.55. The molecular formula is C14H10INO2. The standard InChI is InChI=1S/C14H10INO2/c15-11-7-5-10(6-8-11)9-16-12-3-1-2-4-13(12)18-14(16)17/h1-8H,9H2. The minimum Gasteiger partial charge on any atom is -0.408 e. The predicted octanol–water partition coefficient (Wildman–Crippen LogP) is 3.25. The number of hydrogen-bond donors (Lipinski definition) is 0. The highest BCUT2D eigenvalue weighted by Crippen LogP contribution is 2.14. The summed E-state index contributed by atoms with van der Waals surface area (Å²) < 4.78 is 8.03. The molecule has 0 aliphatic rings. The van der Waals surface area contributed by atoms with E-state index in [9.17, 15) is 4.79 Å². The molecule has 0 aliphatic carbocycles. The van der Waals surface area contributed by atoms with Crippen LogP contribution < -0.4 is 5.76 Å². The van der Waals surface area contributed by atoms with Crippen LogP contribution in [-0.2, 0) is 6.54 Å². The molecule has 3 nitrogen and oxygen atoms in total. The van der Waals surface area contributed by atoms with Gasteiger partial charge in [-0.2, -0.15) is 0 Å². The van der Waals surface area contributed by atoms with Crippen LogP contribution in [0.3, 0.4) is 0 Å². The molecule has 18 heavy (non-hydrogen) atoms. The normalized spacial score (nSPS) is 10.9. The number of nitrogens with zero attached hydrogens (tertiary/aromatic N) is 1. The maximum absolute atomic E-state index is 11.8. The van der Waals surface area contributed by atoms with Crippen LogP contribution in [0.1, 0.15) is 5.56 Å². The van der Waals surface area contributed by atoms with Crippen molar-refractivity contribution in [3.8, 4) is 0 Å². The van der Waals surface area contributed by atoms with Crippen LogP contribution in [0.5, 0.6) is 0 Å². The van der Waals surface area contributed by atoms with Crippen LogP contribution in [-0.4, -0.2) is 4.57 Å². The predicted molar refractivity (Wildman–Crippen MR) is 78.7 cm³/mol. The van der Waals surface area contributed by atoms with Crippen molar-refractivity contribution in [1.29, 1.82) is 0 Å². The molecule has 0 spiro atoms. The molecule has 0 fully saturated rings. The first kappa shape index (κ1) is 11.5. The maximum Gasteiger partial charge on any atom is 0.420 e. The van der Waals surface area contributed by atoms with Gasteiger partial charge in [-0.3, -0.25) is 4.57 Å². The Kier molecular flexibility index (Phi) is 2.95. The van der Waals surface area contributed by atoms with Crippen molar-refractivity contribution in [3.63, 3.8) is 0 Å². The van der Waals surface area contributed by atoms with E-state index >= 15 is 0 Å². The largest absolute Gasteiger partial charge is 0.420 e. The molecule has 0 bridgehead atoms. The first-order valence-electron chi connectivity index (χ1n) is 5.57. The van der Waals surface area contributed by atoms with E-state index in [1.165, 1.54) is 3.57 Å². The lowest BCUT2D eigenvalue weighted by molar-refractivity contribution is 0.517. The molecular weight excluding hydrogens is 341 g/mol. The van der Waals surface area contributed by atoms with E-state index in [1.807, 2.05) is 42.5 Å². The minimum atomic E-state index is -0.310.